The largest absolute Gasteiger partial charge is 0.486 e. The number of rotatable bonds is 8. The third-order valence-corrected chi connectivity index (χ3v) is 8.76. The Morgan fingerprint density at radius 3 is 2.78 bits per heavy atom. The molecule has 2 aromatic rings. The zero-order valence-electron chi connectivity index (χ0n) is 20.3. The van der Waals surface area contributed by atoms with Gasteiger partial charge in [-0.3, -0.25) is 4.79 Å². The summed E-state index contributed by atoms with van der Waals surface area (Å²) in [5.74, 6) is 1.85. The summed E-state index contributed by atoms with van der Waals surface area (Å²) in [7, 11) is -3.20. The summed E-state index contributed by atoms with van der Waals surface area (Å²) in [4.78, 5) is 20.9. The van der Waals surface area contributed by atoms with E-state index in [1.807, 2.05) is 43.3 Å². The number of sulfonamides is 1. The lowest BCUT2D eigenvalue weighted by Crippen LogP contribution is -2.44. The van der Waals surface area contributed by atoms with Crippen LogP contribution in [0.15, 0.2) is 65.6 Å². The highest BCUT2D eigenvalue weighted by Crippen LogP contribution is 2.35. The van der Waals surface area contributed by atoms with Gasteiger partial charge in [-0.05, 0) is 61.1 Å². The fraction of sp³-hybridized carbons (Fsp3) is 0.346. The van der Waals surface area contributed by atoms with Crippen molar-refractivity contribution in [3.63, 3.8) is 0 Å². The molecule has 0 radical (unpaired) electrons. The number of carbonyl (C=O) groups excluding carboxylic acids is 1. The number of nitrogens with zero attached hydrogens (tertiary/aromatic N) is 2. The van der Waals surface area contributed by atoms with Crippen LogP contribution >= 0.6 is 0 Å². The summed E-state index contributed by atoms with van der Waals surface area (Å²) in [6, 6.07) is 7.36. The molecule has 0 bridgehead atoms. The third kappa shape index (κ3) is 5.09. The van der Waals surface area contributed by atoms with Crippen LogP contribution in [0.5, 0.6) is 0 Å². The highest BCUT2D eigenvalue weighted by Gasteiger charge is 2.36. The minimum Gasteiger partial charge on any atom is -0.486 e. The highest BCUT2D eigenvalue weighted by atomic mass is 32.2. The van der Waals surface area contributed by atoms with Crippen LogP contribution in [0.1, 0.15) is 30.4 Å². The topological polar surface area (TPSA) is 134 Å². The monoisotopic (exact) mass is 520 g/mol. The third-order valence-electron chi connectivity index (χ3n) is 6.87. The van der Waals surface area contributed by atoms with Gasteiger partial charge in [-0.1, -0.05) is 24.3 Å². The maximum Gasteiger partial charge on any atom is 0.258 e. The van der Waals surface area contributed by atoms with Crippen molar-refractivity contribution in [1.29, 1.82) is 0 Å². The molecule has 2 fully saturated rings. The lowest BCUT2D eigenvalue weighted by molar-refractivity contribution is -0.127. The number of anilines is 3. The van der Waals surface area contributed by atoms with Crippen molar-refractivity contribution < 1.29 is 17.9 Å². The fourth-order valence-electron chi connectivity index (χ4n) is 4.64. The van der Waals surface area contributed by atoms with E-state index in [1.54, 1.807) is 6.20 Å². The average Bonchev–Trinajstić information content (AvgIpc) is 3.69. The molecule has 2 heterocycles. The Morgan fingerprint density at radius 2 is 2.00 bits per heavy atom. The lowest BCUT2D eigenvalue weighted by atomic mass is 9.93. The number of ether oxygens (including phenoxy) is 1. The van der Waals surface area contributed by atoms with E-state index in [1.165, 1.54) is 0 Å². The number of aryl methyl sites for hydroxylation is 1. The van der Waals surface area contributed by atoms with Gasteiger partial charge in [0.05, 0.1) is 11.3 Å². The van der Waals surface area contributed by atoms with Gasteiger partial charge in [0.2, 0.25) is 16.0 Å². The van der Waals surface area contributed by atoms with Crippen molar-refractivity contribution in [2.45, 2.75) is 50.1 Å². The average molecular weight is 521 g/mol. The molecule has 192 valence electrons. The first kappa shape index (κ1) is 23.7. The summed E-state index contributed by atoms with van der Waals surface area (Å²) < 4.78 is 32.3. The number of carbonyl (C=O) groups is 1. The molecule has 4 N–H and O–H groups in total. The Morgan fingerprint density at radius 1 is 1.19 bits per heavy atom. The zero-order chi connectivity index (χ0) is 25.6. The maximum absolute atomic E-state index is 12.0. The van der Waals surface area contributed by atoms with Crippen LogP contribution in [0.25, 0.3) is 0 Å². The van der Waals surface area contributed by atoms with Crippen molar-refractivity contribution in [1.82, 2.24) is 20.0 Å². The summed E-state index contributed by atoms with van der Waals surface area (Å²) >= 11 is 0. The molecule has 37 heavy (non-hydrogen) atoms. The van der Waals surface area contributed by atoms with Gasteiger partial charge in [-0.2, -0.15) is 4.98 Å². The first-order valence-corrected chi connectivity index (χ1v) is 13.9. The van der Waals surface area contributed by atoms with E-state index in [9.17, 15) is 13.2 Å². The molecule has 4 aliphatic rings. The molecule has 1 aromatic carbocycles. The zero-order valence-corrected chi connectivity index (χ0v) is 21.1. The number of fused-ring (bicyclic) bond motifs is 2. The van der Waals surface area contributed by atoms with Crippen LogP contribution in [0.4, 0.5) is 17.5 Å². The van der Waals surface area contributed by atoms with Gasteiger partial charge in [-0.15, -0.1) is 0 Å². The first-order chi connectivity index (χ1) is 17.8. The molecule has 1 aliphatic heterocycles. The van der Waals surface area contributed by atoms with Crippen molar-refractivity contribution in [2.75, 3.05) is 17.2 Å². The normalized spacial score (nSPS) is 22.5. The van der Waals surface area contributed by atoms with Gasteiger partial charge >= 0.3 is 0 Å². The fourth-order valence-corrected chi connectivity index (χ4v) is 6.00. The standard InChI is InChI=1S/C26H28N6O4S/c1-15-12-27-26(30-19-7-4-17-10-22-24(21(17)11-19)31-23(33)14-36-22)32-25(15)29-18-5-2-16(3-6-18)13-28-37(34,35)20-8-9-20/h2-7,10,12,19-20,24,28H,8-9,11,13-14H2,1H3,(H,31,33)(H2,27,29,30,32)/t19?,24-/m1/s1. The molecule has 3 aliphatic carbocycles. The smallest absolute Gasteiger partial charge is 0.258 e. The quantitative estimate of drug-likeness (QED) is 0.417. The van der Waals surface area contributed by atoms with Gasteiger partial charge < -0.3 is 20.7 Å². The minimum atomic E-state index is -3.20. The number of amides is 1. The first-order valence-electron chi connectivity index (χ1n) is 12.3. The van der Waals surface area contributed by atoms with Crippen LogP contribution in [0.2, 0.25) is 0 Å². The Balaban J connectivity index is 1.08. The number of nitrogens with one attached hydrogen (secondary N) is 4. The molecule has 2 atom stereocenters. The van der Waals surface area contributed by atoms with Crippen molar-refractivity contribution in [2.24, 2.45) is 0 Å². The predicted molar refractivity (Wildman–Crippen MR) is 139 cm³/mol. The van der Waals surface area contributed by atoms with E-state index in [-0.39, 0.29) is 36.4 Å². The Labute approximate surface area is 215 Å². The van der Waals surface area contributed by atoms with Gasteiger partial charge in [0.1, 0.15) is 17.6 Å². The van der Waals surface area contributed by atoms with Crippen LogP contribution in [-0.4, -0.2) is 48.2 Å². The molecular weight excluding hydrogens is 492 g/mol. The van der Waals surface area contributed by atoms with Gasteiger partial charge in [0, 0.05) is 24.0 Å². The van der Waals surface area contributed by atoms with E-state index >= 15 is 0 Å². The Bertz CT molecular complexity index is 1440. The van der Waals surface area contributed by atoms with E-state index in [2.05, 4.69) is 36.7 Å². The van der Waals surface area contributed by atoms with Crippen molar-refractivity contribution in [3.8, 4) is 0 Å². The second kappa shape index (κ2) is 9.31. The molecule has 1 amide bonds. The van der Waals surface area contributed by atoms with E-state index in [4.69, 9.17) is 4.74 Å². The van der Waals surface area contributed by atoms with Crippen molar-refractivity contribution >= 4 is 33.4 Å². The molecule has 1 unspecified atom stereocenters. The Hall–Kier alpha value is -3.70. The maximum atomic E-state index is 12.0. The van der Waals surface area contributed by atoms with E-state index < -0.39 is 10.0 Å². The molecule has 10 nitrogen and oxygen atoms in total. The molecule has 1 saturated heterocycles. The molecular formula is C26H28N6O4S. The van der Waals surface area contributed by atoms with E-state index in [0.717, 1.165) is 46.6 Å². The molecule has 6 rings (SSSR count). The number of hydrogen-bond donors (Lipinski definition) is 4. The highest BCUT2D eigenvalue weighted by molar-refractivity contribution is 7.90. The SMILES string of the molecule is Cc1cnc(NC2C=CC3=C(C2)[C@H]2NC(=O)COC2=C3)nc1Nc1ccc(CNS(=O)(=O)C2CC2)cc1. The van der Waals surface area contributed by atoms with E-state index in [0.29, 0.717) is 18.2 Å². The van der Waals surface area contributed by atoms with Gasteiger partial charge in [-0.25, -0.2) is 18.1 Å². The molecule has 11 heteroatoms. The van der Waals surface area contributed by atoms with Gasteiger partial charge in [0.25, 0.3) is 5.91 Å². The number of benzene rings is 1. The number of hydrogen-bond acceptors (Lipinski definition) is 8. The molecule has 1 saturated carbocycles. The van der Waals surface area contributed by atoms with Crippen molar-refractivity contribution in [3.05, 3.63) is 76.7 Å². The Kier molecular flexibility index (Phi) is 5.96. The van der Waals surface area contributed by atoms with Crippen LogP contribution < -0.4 is 20.7 Å². The van der Waals surface area contributed by atoms with Crippen LogP contribution in [-0.2, 0) is 26.1 Å². The lowest BCUT2D eigenvalue weighted by Gasteiger charge is -2.28. The minimum absolute atomic E-state index is 0.0282. The van der Waals surface area contributed by atoms with Gasteiger partial charge in [0.15, 0.2) is 6.61 Å². The second-order valence-electron chi connectivity index (χ2n) is 9.74. The summed E-state index contributed by atoms with van der Waals surface area (Å²) in [5.41, 5.74) is 4.82. The molecule has 1 aromatic heterocycles. The predicted octanol–water partition coefficient (Wildman–Crippen LogP) is 2.56. The molecule has 0 spiro atoms. The summed E-state index contributed by atoms with van der Waals surface area (Å²) in [6.45, 7) is 2.27. The second-order valence-corrected chi connectivity index (χ2v) is 11.8. The number of morpholine rings is 1. The number of allylic oxidation sites excluding steroid dienone is 3. The number of aromatic nitrogens is 2. The van der Waals surface area contributed by atoms with Crippen LogP contribution in [0.3, 0.4) is 0 Å². The van der Waals surface area contributed by atoms with Crippen LogP contribution in [0, 0.1) is 6.92 Å². The summed E-state index contributed by atoms with van der Waals surface area (Å²) in [5, 5.41) is 9.49. The summed E-state index contributed by atoms with van der Waals surface area (Å²) in [6.07, 6.45) is 10.1.